The third-order valence-electron chi connectivity index (χ3n) is 3.87. The van der Waals surface area contributed by atoms with Gasteiger partial charge in [-0.15, -0.1) is 0 Å². The Morgan fingerprint density at radius 3 is 2.77 bits per heavy atom. The molecule has 4 heteroatoms. The molecule has 1 amide bonds. The lowest BCUT2D eigenvalue weighted by Gasteiger charge is -2.28. The van der Waals surface area contributed by atoms with Gasteiger partial charge in [-0.3, -0.25) is 4.79 Å². The van der Waals surface area contributed by atoms with Crippen LogP contribution in [0.1, 0.15) is 21.5 Å². The molecule has 22 heavy (non-hydrogen) atoms. The Kier molecular flexibility index (Phi) is 4.39. The Hall–Kier alpha value is -2.33. The topological polar surface area (TPSA) is 49.8 Å². The summed E-state index contributed by atoms with van der Waals surface area (Å²) in [6, 6.07) is 14.9. The van der Waals surface area contributed by atoms with Crippen LogP contribution in [0.2, 0.25) is 0 Å². The van der Waals surface area contributed by atoms with E-state index in [4.69, 9.17) is 4.74 Å². The molecule has 0 radical (unpaired) electrons. The van der Waals surface area contributed by atoms with Crippen LogP contribution < -0.4 is 0 Å². The number of ether oxygens (including phenoxy) is 1. The van der Waals surface area contributed by atoms with E-state index in [1.807, 2.05) is 35.2 Å². The third-order valence-corrected chi connectivity index (χ3v) is 3.87. The minimum atomic E-state index is 0.0181. The maximum Gasteiger partial charge on any atom is 0.254 e. The van der Waals surface area contributed by atoms with Crippen LogP contribution in [0.5, 0.6) is 5.75 Å². The minimum Gasteiger partial charge on any atom is -0.508 e. The van der Waals surface area contributed by atoms with Gasteiger partial charge in [0.05, 0.1) is 13.2 Å². The molecule has 0 aromatic heterocycles. The van der Waals surface area contributed by atoms with Gasteiger partial charge in [-0.05, 0) is 35.7 Å². The molecule has 0 atom stereocenters. The summed E-state index contributed by atoms with van der Waals surface area (Å²) in [5.74, 6) is 0.232. The van der Waals surface area contributed by atoms with Gasteiger partial charge in [0.2, 0.25) is 0 Å². The number of phenolic OH excluding ortho intramolecular Hbond substituents is 1. The van der Waals surface area contributed by atoms with Gasteiger partial charge < -0.3 is 14.7 Å². The smallest absolute Gasteiger partial charge is 0.254 e. The summed E-state index contributed by atoms with van der Waals surface area (Å²) >= 11 is 0. The zero-order chi connectivity index (χ0) is 15.4. The molecule has 0 unspecified atom stereocenters. The van der Waals surface area contributed by atoms with Crippen LogP contribution in [-0.4, -0.2) is 35.6 Å². The van der Waals surface area contributed by atoms with Crippen LogP contribution in [0.3, 0.4) is 0 Å². The average molecular weight is 297 g/mol. The molecule has 2 aromatic rings. The SMILES string of the molecule is O=C1c2ccc(O)cc2CCN1CCOCc1ccccc1. The van der Waals surface area contributed by atoms with Crippen LogP contribution in [0.25, 0.3) is 0 Å². The fourth-order valence-electron chi connectivity index (χ4n) is 2.68. The van der Waals surface area contributed by atoms with Gasteiger partial charge in [0, 0.05) is 18.7 Å². The van der Waals surface area contributed by atoms with E-state index in [1.54, 1.807) is 18.2 Å². The standard InChI is InChI=1S/C18H19NO3/c20-16-6-7-17-15(12-16)8-9-19(18(17)21)10-11-22-13-14-4-2-1-3-5-14/h1-7,12,20H,8-11,13H2. The maximum atomic E-state index is 12.4. The van der Waals surface area contributed by atoms with Gasteiger partial charge in [-0.2, -0.15) is 0 Å². The lowest BCUT2D eigenvalue weighted by Crippen LogP contribution is -2.39. The Morgan fingerprint density at radius 2 is 1.95 bits per heavy atom. The van der Waals surface area contributed by atoms with E-state index in [-0.39, 0.29) is 11.7 Å². The zero-order valence-electron chi connectivity index (χ0n) is 12.4. The van der Waals surface area contributed by atoms with Crippen molar-refractivity contribution < 1.29 is 14.6 Å². The molecule has 0 fully saturated rings. The molecule has 3 rings (SSSR count). The van der Waals surface area contributed by atoms with Crippen molar-refractivity contribution in [2.75, 3.05) is 19.7 Å². The van der Waals surface area contributed by atoms with E-state index < -0.39 is 0 Å². The first kappa shape index (κ1) is 14.6. The molecule has 4 nitrogen and oxygen atoms in total. The lowest BCUT2D eigenvalue weighted by atomic mass is 9.99. The van der Waals surface area contributed by atoms with Crippen molar-refractivity contribution in [3.05, 3.63) is 65.2 Å². The van der Waals surface area contributed by atoms with Gasteiger partial charge in [-0.1, -0.05) is 30.3 Å². The molecular weight excluding hydrogens is 278 g/mol. The molecule has 0 bridgehead atoms. The van der Waals surface area contributed by atoms with Crippen molar-refractivity contribution in [1.82, 2.24) is 4.90 Å². The normalized spacial score (nSPS) is 14.0. The van der Waals surface area contributed by atoms with E-state index in [2.05, 4.69) is 0 Å². The highest BCUT2D eigenvalue weighted by Gasteiger charge is 2.23. The summed E-state index contributed by atoms with van der Waals surface area (Å²) < 4.78 is 5.64. The lowest BCUT2D eigenvalue weighted by molar-refractivity contribution is 0.0600. The number of fused-ring (bicyclic) bond motifs is 1. The summed E-state index contributed by atoms with van der Waals surface area (Å²) in [6.45, 7) is 2.34. The van der Waals surface area contributed by atoms with Gasteiger partial charge in [0.15, 0.2) is 0 Å². The van der Waals surface area contributed by atoms with Crippen molar-refractivity contribution in [3.8, 4) is 5.75 Å². The highest BCUT2D eigenvalue weighted by Crippen LogP contribution is 2.22. The van der Waals surface area contributed by atoms with E-state index in [1.165, 1.54) is 0 Å². The second-order valence-electron chi connectivity index (χ2n) is 5.42. The van der Waals surface area contributed by atoms with Crippen LogP contribution in [0, 0.1) is 0 Å². The second kappa shape index (κ2) is 6.62. The largest absolute Gasteiger partial charge is 0.508 e. The Labute approximate surface area is 130 Å². The number of carbonyl (C=O) groups excluding carboxylic acids is 1. The van der Waals surface area contributed by atoms with Crippen LogP contribution in [0.4, 0.5) is 0 Å². The number of carbonyl (C=O) groups is 1. The molecule has 114 valence electrons. The third kappa shape index (κ3) is 3.28. The van der Waals surface area contributed by atoms with Crippen molar-refractivity contribution in [2.24, 2.45) is 0 Å². The number of benzene rings is 2. The fraction of sp³-hybridized carbons (Fsp3) is 0.278. The first-order valence-electron chi connectivity index (χ1n) is 7.47. The molecule has 2 aromatic carbocycles. The molecular formula is C18H19NO3. The molecule has 0 aliphatic carbocycles. The number of amides is 1. The molecule has 1 heterocycles. The average Bonchev–Trinajstić information content (AvgIpc) is 2.54. The molecule has 1 N–H and O–H groups in total. The molecule has 1 aliphatic heterocycles. The number of hydrogen-bond acceptors (Lipinski definition) is 3. The summed E-state index contributed by atoms with van der Waals surface area (Å²) in [7, 11) is 0. The minimum absolute atomic E-state index is 0.0181. The van der Waals surface area contributed by atoms with Gasteiger partial charge in [0.25, 0.3) is 5.91 Å². The summed E-state index contributed by atoms with van der Waals surface area (Å²) in [4.78, 5) is 14.2. The molecule has 0 spiro atoms. The van der Waals surface area contributed by atoms with Crippen LogP contribution in [0.15, 0.2) is 48.5 Å². The number of aromatic hydroxyl groups is 1. The second-order valence-corrected chi connectivity index (χ2v) is 5.42. The summed E-state index contributed by atoms with van der Waals surface area (Å²) in [5.41, 5.74) is 2.74. The molecule has 0 saturated heterocycles. The first-order chi connectivity index (χ1) is 10.7. The Balaban J connectivity index is 1.52. The highest BCUT2D eigenvalue weighted by atomic mass is 16.5. The number of nitrogens with zero attached hydrogens (tertiary/aromatic N) is 1. The molecule has 1 aliphatic rings. The van der Waals surface area contributed by atoms with Crippen molar-refractivity contribution in [2.45, 2.75) is 13.0 Å². The zero-order valence-corrected chi connectivity index (χ0v) is 12.4. The van der Waals surface area contributed by atoms with E-state index >= 15 is 0 Å². The van der Waals surface area contributed by atoms with Crippen molar-refractivity contribution in [3.63, 3.8) is 0 Å². The highest BCUT2D eigenvalue weighted by molar-refractivity contribution is 5.96. The number of phenols is 1. The predicted octanol–water partition coefficient (Wildman–Crippen LogP) is 2.61. The monoisotopic (exact) mass is 297 g/mol. The van der Waals surface area contributed by atoms with Crippen LogP contribution >= 0.6 is 0 Å². The van der Waals surface area contributed by atoms with Crippen LogP contribution in [-0.2, 0) is 17.8 Å². The number of rotatable bonds is 5. The van der Waals surface area contributed by atoms with Gasteiger partial charge >= 0.3 is 0 Å². The summed E-state index contributed by atoms with van der Waals surface area (Å²) in [5, 5.41) is 9.48. The number of hydrogen-bond donors (Lipinski definition) is 1. The maximum absolute atomic E-state index is 12.4. The summed E-state index contributed by atoms with van der Waals surface area (Å²) in [6.07, 6.45) is 0.772. The van der Waals surface area contributed by atoms with E-state index in [9.17, 15) is 9.90 Å². The van der Waals surface area contributed by atoms with Crippen molar-refractivity contribution >= 4 is 5.91 Å². The quantitative estimate of drug-likeness (QED) is 0.863. The van der Waals surface area contributed by atoms with E-state index in [0.29, 0.717) is 31.9 Å². The van der Waals surface area contributed by atoms with Crippen molar-refractivity contribution in [1.29, 1.82) is 0 Å². The predicted molar refractivity (Wildman–Crippen MR) is 83.8 cm³/mol. The van der Waals surface area contributed by atoms with E-state index in [0.717, 1.165) is 17.5 Å². The first-order valence-corrected chi connectivity index (χ1v) is 7.47. The van der Waals surface area contributed by atoms with Gasteiger partial charge in [-0.25, -0.2) is 0 Å². The Morgan fingerprint density at radius 1 is 1.14 bits per heavy atom. The molecule has 0 saturated carbocycles. The Bertz CT molecular complexity index is 655. The van der Waals surface area contributed by atoms with Gasteiger partial charge in [0.1, 0.15) is 5.75 Å². The fourth-order valence-corrected chi connectivity index (χ4v) is 2.68.